The van der Waals surface area contributed by atoms with Crippen LogP contribution in [-0.2, 0) is 6.54 Å². The molecule has 0 radical (unpaired) electrons. The zero-order chi connectivity index (χ0) is 12.1. The number of benzene rings is 1. The van der Waals surface area contributed by atoms with Gasteiger partial charge in [0.2, 0.25) is 0 Å². The van der Waals surface area contributed by atoms with Crippen molar-refractivity contribution >= 4 is 0 Å². The van der Waals surface area contributed by atoms with E-state index in [1.54, 1.807) is 0 Å². The molecule has 0 fully saturated rings. The molecule has 1 atom stereocenters. The Bertz CT molecular complexity index is 340. The van der Waals surface area contributed by atoms with Crippen LogP contribution in [0.3, 0.4) is 0 Å². The number of nitrogens with one attached hydrogen (secondary N) is 1. The van der Waals surface area contributed by atoms with Crippen molar-refractivity contribution in [1.82, 2.24) is 10.2 Å². The van der Waals surface area contributed by atoms with E-state index in [1.807, 2.05) is 21.0 Å². The van der Waals surface area contributed by atoms with E-state index >= 15 is 0 Å². The molecule has 1 aromatic rings. The zero-order valence-electron chi connectivity index (χ0n) is 9.93. The lowest BCUT2D eigenvalue weighted by Crippen LogP contribution is -2.35. The SMILES string of the molecule is CC(CN(C)C)NCc1ccc(F)cc1F. The standard InChI is InChI=1S/C12H18F2N2/c1-9(8-16(2)3)15-7-10-4-5-11(13)6-12(10)14/h4-6,9,15H,7-8H2,1-3H3. The van der Waals surface area contributed by atoms with Crippen LogP contribution in [0.1, 0.15) is 12.5 Å². The molecule has 0 spiro atoms. The fraction of sp³-hybridized carbons (Fsp3) is 0.500. The minimum Gasteiger partial charge on any atom is -0.309 e. The van der Waals surface area contributed by atoms with E-state index in [-0.39, 0.29) is 6.04 Å². The molecule has 0 heterocycles. The highest BCUT2D eigenvalue weighted by atomic mass is 19.1. The number of hydrogen-bond acceptors (Lipinski definition) is 2. The Kier molecular flexibility index (Phi) is 4.83. The monoisotopic (exact) mass is 228 g/mol. The molecule has 2 nitrogen and oxygen atoms in total. The van der Waals surface area contributed by atoms with E-state index < -0.39 is 11.6 Å². The van der Waals surface area contributed by atoms with Gasteiger partial charge in [-0.15, -0.1) is 0 Å². The van der Waals surface area contributed by atoms with Crippen molar-refractivity contribution in [3.63, 3.8) is 0 Å². The fourth-order valence-corrected chi connectivity index (χ4v) is 1.56. The van der Waals surface area contributed by atoms with Gasteiger partial charge in [-0.1, -0.05) is 6.07 Å². The Morgan fingerprint density at radius 2 is 2.00 bits per heavy atom. The second-order valence-electron chi connectivity index (χ2n) is 4.28. The fourth-order valence-electron chi connectivity index (χ4n) is 1.56. The molecule has 1 rings (SSSR count). The van der Waals surface area contributed by atoms with Gasteiger partial charge in [0.25, 0.3) is 0 Å². The van der Waals surface area contributed by atoms with Crippen LogP contribution in [0.2, 0.25) is 0 Å². The summed E-state index contributed by atoms with van der Waals surface area (Å²) in [6.07, 6.45) is 0. The van der Waals surface area contributed by atoms with Gasteiger partial charge in [-0.05, 0) is 27.1 Å². The minimum absolute atomic E-state index is 0.263. The molecule has 0 bridgehead atoms. The number of nitrogens with zero attached hydrogens (tertiary/aromatic N) is 1. The average Bonchev–Trinajstić information content (AvgIpc) is 2.15. The molecule has 0 aliphatic rings. The van der Waals surface area contributed by atoms with E-state index in [0.717, 1.165) is 12.6 Å². The lowest BCUT2D eigenvalue weighted by atomic mass is 10.2. The topological polar surface area (TPSA) is 15.3 Å². The molecule has 4 heteroatoms. The van der Waals surface area contributed by atoms with Crippen molar-refractivity contribution < 1.29 is 8.78 Å². The average molecular weight is 228 g/mol. The van der Waals surface area contributed by atoms with Gasteiger partial charge < -0.3 is 10.2 Å². The Labute approximate surface area is 95.3 Å². The van der Waals surface area contributed by atoms with E-state index in [2.05, 4.69) is 10.2 Å². The third kappa shape index (κ3) is 4.24. The van der Waals surface area contributed by atoms with Crippen molar-refractivity contribution in [3.05, 3.63) is 35.4 Å². The van der Waals surface area contributed by atoms with Crippen molar-refractivity contribution in [2.45, 2.75) is 19.5 Å². The molecule has 1 aromatic carbocycles. The summed E-state index contributed by atoms with van der Waals surface area (Å²) in [6.45, 7) is 3.32. The van der Waals surface area contributed by atoms with Gasteiger partial charge in [-0.3, -0.25) is 0 Å². The van der Waals surface area contributed by atoms with Crippen molar-refractivity contribution in [2.24, 2.45) is 0 Å². The van der Waals surface area contributed by atoms with E-state index in [9.17, 15) is 8.78 Å². The van der Waals surface area contributed by atoms with Crippen molar-refractivity contribution in [3.8, 4) is 0 Å². The normalized spacial score (nSPS) is 13.1. The van der Waals surface area contributed by atoms with Crippen LogP contribution in [0.25, 0.3) is 0 Å². The quantitative estimate of drug-likeness (QED) is 0.829. The number of hydrogen-bond donors (Lipinski definition) is 1. The highest BCUT2D eigenvalue weighted by molar-refractivity contribution is 5.18. The Balaban J connectivity index is 2.48. The van der Waals surface area contributed by atoms with Gasteiger partial charge in [0.1, 0.15) is 11.6 Å². The van der Waals surface area contributed by atoms with Gasteiger partial charge in [0, 0.05) is 30.8 Å². The van der Waals surface area contributed by atoms with Crippen LogP contribution in [0.4, 0.5) is 8.78 Å². The van der Waals surface area contributed by atoms with Crippen LogP contribution < -0.4 is 5.32 Å². The summed E-state index contributed by atoms with van der Waals surface area (Å²) in [6, 6.07) is 3.92. The van der Waals surface area contributed by atoms with Gasteiger partial charge >= 0.3 is 0 Å². The number of likely N-dealkylation sites (N-methyl/N-ethyl adjacent to an activating group) is 1. The zero-order valence-corrected chi connectivity index (χ0v) is 9.93. The maximum Gasteiger partial charge on any atom is 0.130 e. The molecule has 90 valence electrons. The summed E-state index contributed by atoms with van der Waals surface area (Å²) in [5.41, 5.74) is 0.493. The second kappa shape index (κ2) is 5.92. The van der Waals surface area contributed by atoms with Gasteiger partial charge in [0.15, 0.2) is 0 Å². The first kappa shape index (κ1) is 13.1. The lowest BCUT2D eigenvalue weighted by Gasteiger charge is -2.18. The molecule has 0 aliphatic carbocycles. The maximum atomic E-state index is 13.3. The molecular weight excluding hydrogens is 210 g/mol. The van der Waals surface area contributed by atoms with E-state index in [4.69, 9.17) is 0 Å². The third-order valence-electron chi connectivity index (χ3n) is 2.30. The van der Waals surface area contributed by atoms with Crippen LogP contribution in [0.5, 0.6) is 0 Å². The maximum absolute atomic E-state index is 13.3. The largest absolute Gasteiger partial charge is 0.309 e. The molecular formula is C12H18F2N2. The van der Waals surface area contributed by atoms with Gasteiger partial charge in [0.05, 0.1) is 0 Å². The van der Waals surface area contributed by atoms with Crippen LogP contribution in [0.15, 0.2) is 18.2 Å². The van der Waals surface area contributed by atoms with Crippen molar-refractivity contribution in [1.29, 1.82) is 0 Å². The number of halogens is 2. The highest BCUT2D eigenvalue weighted by Gasteiger charge is 2.06. The van der Waals surface area contributed by atoms with Crippen LogP contribution in [-0.4, -0.2) is 31.6 Å². The molecule has 16 heavy (non-hydrogen) atoms. The summed E-state index contributed by atoms with van der Waals surface area (Å²) >= 11 is 0. The van der Waals surface area contributed by atoms with Crippen molar-refractivity contribution in [2.75, 3.05) is 20.6 Å². The molecule has 1 unspecified atom stereocenters. The summed E-state index contributed by atoms with van der Waals surface area (Å²) in [5, 5.41) is 3.19. The predicted octanol–water partition coefficient (Wildman–Crippen LogP) is 2.00. The first-order valence-corrected chi connectivity index (χ1v) is 5.31. The van der Waals surface area contributed by atoms with E-state index in [1.165, 1.54) is 12.1 Å². The van der Waals surface area contributed by atoms with Crippen LogP contribution >= 0.6 is 0 Å². The summed E-state index contributed by atoms with van der Waals surface area (Å²) < 4.78 is 25.9. The van der Waals surface area contributed by atoms with E-state index in [0.29, 0.717) is 12.1 Å². The molecule has 0 aliphatic heterocycles. The molecule has 0 aromatic heterocycles. The predicted molar refractivity (Wildman–Crippen MR) is 61.2 cm³/mol. The van der Waals surface area contributed by atoms with Gasteiger partial charge in [-0.2, -0.15) is 0 Å². The minimum atomic E-state index is -0.539. The van der Waals surface area contributed by atoms with Gasteiger partial charge in [-0.25, -0.2) is 8.78 Å². The van der Waals surface area contributed by atoms with Crippen LogP contribution in [0, 0.1) is 11.6 Å². The smallest absolute Gasteiger partial charge is 0.130 e. The lowest BCUT2D eigenvalue weighted by molar-refractivity contribution is 0.348. The Morgan fingerprint density at radius 3 is 2.56 bits per heavy atom. The first-order chi connectivity index (χ1) is 7.49. The summed E-state index contributed by atoms with van der Waals surface area (Å²) in [4.78, 5) is 2.05. The molecule has 0 saturated carbocycles. The molecule has 1 N–H and O–H groups in total. The molecule has 0 saturated heterocycles. The summed E-state index contributed by atoms with van der Waals surface area (Å²) in [7, 11) is 3.97. The summed E-state index contributed by atoms with van der Waals surface area (Å²) in [5.74, 6) is -1.04. The Morgan fingerprint density at radius 1 is 1.31 bits per heavy atom. The second-order valence-corrected chi connectivity index (χ2v) is 4.28. The molecule has 0 amide bonds. The first-order valence-electron chi connectivity index (χ1n) is 5.31. The Hall–Kier alpha value is -1.00. The number of rotatable bonds is 5. The highest BCUT2D eigenvalue weighted by Crippen LogP contribution is 2.09. The third-order valence-corrected chi connectivity index (χ3v) is 2.30.